The molecular weight excluding hydrogens is 602 g/mol. The third-order valence-corrected chi connectivity index (χ3v) is 9.23. The summed E-state index contributed by atoms with van der Waals surface area (Å²) in [6.45, 7) is 2.44. The molecule has 252 valence electrons. The number of carbonyl (C=O) groups excluding carboxylic acids is 1. The number of nitrogens with zero attached hydrogens (tertiary/aromatic N) is 1. The first-order valence-electron chi connectivity index (χ1n) is 17.0. The average Bonchev–Trinajstić information content (AvgIpc) is 3.63. The van der Waals surface area contributed by atoms with Gasteiger partial charge in [-0.2, -0.15) is 0 Å². The summed E-state index contributed by atoms with van der Waals surface area (Å²) in [5.41, 5.74) is 17.9. The Morgan fingerprint density at radius 1 is 1.02 bits per heavy atom. The van der Waals surface area contributed by atoms with E-state index in [0.717, 1.165) is 47.1 Å². The van der Waals surface area contributed by atoms with Gasteiger partial charge in [0.25, 0.3) is 0 Å². The molecule has 1 aliphatic carbocycles. The van der Waals surface area contributed by atoms with Gasteiger partial charge >= 0.3 is 0 Å². The van der Waals surface area contributed by atoms with E-state index in [1.807, 2.05) is 42.5 Å². The molecule has 1 heterocycles. The highest BCUT2D eigenvalue weighted by atomic mass is 16.5. The summed E-state index contributed by atoms with van der Waals surface area (Å²) in [4.78, 5) is 16.4. The molecule has 3 aromatic rings. The summed E-state index contributed by atoms with van der Waals surface area (Å²) in [7, 11) is 0. The lowest BCUT2D eigenvalue weighted by Crippen LogP contribution is -2.30. The van der Waals surface area contributed by atoms with E-state index in [0.29, 0.717) is 49.0 Å². The van der Waals surface area contributed by atoms with E-state index in [-0.39, 0.29) is 41.5 Å². The second kappa shape index (κ2) is 16.4. The number of unbranched alkanes of at least 4 members (excludes halogenated alkanes) is 3. The largest absolute Gasteiger partial charge is 0.875 e. The Bertz CT molecular complexity index is 1710. The minimum atomic E-state index is -0.606. The van der Waals surface area contributed by atoms with Crippen molar-refractivity contribution in [2.24, 2.45) is 22.4 Å². The minimum Gasteiger partial charge on any atom is -0.875 e. The maximum Gasteiger partial charge on any atom is 0.161 e. The number of nitrogens with two attached hydrogens (primary N) is 2. The lowest BCUT2D eigenvalue weighted by atomic mass is 9.69. The number of ketones is 1. The first-order chi connectivity index (χ1) is 23.2. The number of carbonyl (C=O) groups is 1. The third kappa shape index (κ3) is 8.62. The molecular formula is C40H46N3O5-. The molecule has 8 nitrogen and oxygen atoms in total. The molecule has 0 bridgehead atoms. The molecule has 0 saturated carbocycles. The zero-order valence-electron chi connectivity index (χ0n) is 27.6. The number of allylic oxidation sites excluding steroid dienone is 5. The fraction of sp³-hybridized carbons (Fsp3) is 0.350. The maximum absolute atomic E-state index is 13.8. The number of fused-ring (bicyclic) bond motifs is 1. The molecule has 2 atom stereocenters. The molecule has 0 saturated heterocycles. The highest BCUT2D eigenvalue weighted by Gasteiger charge is 2.33. The van der Waals surface area contributed by atoms with Gasteiger partial charge in [-0.1, -0.05) is 62.2 Å². The number of rotatable bonds is 15. The van der Waals surface area contributed by atoms with Gasteiger partial charge in [-0.05, 0) is 102 Å². The predicted octanol–water partition coefficient (Wildman–Crippen LogP) is 6.18. The van der Waals surface area contributed by atoms with Crippen LogP contribution in [0.15, 0.2) is 95.3 Å². The van der Waals surface area contributed by atoms with Crippen LogP contribution in [0.25, 0.3) is 0 Å². The van der Waals surface area contributed by atoms with Gasteiger partial charge < -0.3 is 31.5 Å². The van der Waals surface area contributed by atoms with Crippen molar-refractivity contribution in [1.29, 1.82) is 0 Å². The maximum atomic E-state index is 13.8. The number of aromatic hydroxyl groups is 2. The standard InChI is InChI=1S/C40H47N3O5/c1-2-3-4-5-6-7-31(44)13-8-26-10-17-36(46)37(23-26)48-21-19-27-9-16-35(45)34(22-27)38-32-14-12-29(40(41)42)24-28(32)11-15-33(38)39(47)30-18-20-43-25-30/h6-7,9-10,12,14,16-18,20,22-25,33,38,40,45-47H,2-5,8,11,13,15,19,21,41-42H2,1H3/p-1. The molecule has 0 amide bonds. The van der Waals surface area contributed by atoms with Gasteiger partial charge in [0.2, 0.25) is 0 Å². The molecule has 48 heavy (non-hydrogen) atoms. The summed E-state index contributed by atoms with van der Waals surface area (Å²) in [5.74, 6) is -0.176. The van der Waals surface area contributed by atoms with Crippen LogP contribution in [-0.2, 0) is 24.1 Å². The van der Waals surface area contributed by atoms with E-state index in [4.69, 9.17) is 16.2 Å². The monoisotopic (exact) mass is 648 g/mol. The van der Waals surface area contributed by atoms with Gasteiger partial charge in [0.05, 0.1) is 12.8 Å². The van der Waals surface area contributed by atoms with Gasteiger partial charge in [-0.25, -0.2) is 0 Å². The summed E-state index contributed by atoms with van der Waals surface area (Å²) in [5, 5.41) is 35.4. The SMILES string of the molecule is CCCCCC=CC(=O)CCc1ccc(O)c(OCCc2ccc(O)c(C3c4ccc(C(N)N)cc4CCC3C([O-])=C3C=CN=C3)c2)c1. The Morgan fingerprint density at radius 3 is 2.56 bits per heavy atom. The van der Waals surface area contributed by atoms with E-state index >= 15 is 0 Å². The molecule has 0 spiro atoms. The van der Waals surface area contributed by atoms with E-state index in [2.05, 4.69) is 11.9 Å². The van der Waals surface area contributed by atoms with Crippen molar-refractivity contribution in [3.8, 4) is 17.2 Å². The molecule has 2 unspecified atom stereocenters. The van der Waals surface area contributed by atoms with Crippen molar-refractivity contribution >= 4 is 12.0 Å². The number of hydrogen-bond acceptors (Lipinski definition) is 8. The number of hydrogen-bond donors (Lipinski definition) is 4. The van der Waals surface area contributed by atoms with Crippen molar-refractivity contribution < 1.29 is 24.9 Å². The number of phenolic OH excluding ortho intramolecular Hbond substituents is 2. The van der Waals surface area contributed by atoms with Crippen LogP contribution >= 0.6 is 0 Å². The van der Waals surface area contributed by atoms with Crippen LogP contribution in [0.3, 0.4) is 0 Å². The van der Waals surface area contributed by atoms with Crippen molar-refractivity contribution in [2.45, 2.75) is 76.8 Å². The van der Waals surface area contributed by atoms with E-state index in [1.54, 1.807) is 42.8 Å². The van der Waals surface area contributed by atoms with Crippen molar-refractivity contribution in [3.63, 3.8) is 0 Å². The predicted molar refractivity (Wildman–Crippen MR) is 188 cm³/mol. The molecule has 0 aromatic heterocycles. The Balaban J connectivity index is 1.30. The van der Waals surface area contributed by atoms with E-state index in [9.17, 15) is 20.1 Å². The van der Waals surface area contributed by atoms with Crippen LogP contribution in [0.1, 0.15) is 90.9 Å². The number of phenols is 2. The Morgan fingerprint density at radius 2 is 1.81 bits per heavy atom. The first kappa shape index (κ1) is 34.7. The third-order valence-electron chi connectivity index (χ3n) is 9.23. The van der Waals surface area contributed by atoms with Crippen LogP contribution in [0.5, 0.6) is 17.2 Å². The van der Waals surface area contributed by atoms with Gasteiger partial charge in [0.15, 0.2) is 17.3 Å². The fourth-order valence-electron chi connectivity index (χ4n) is 6.56. The lowest BCUT2D eigenvalue weighted by Gasteiger charge is -2.39. The zero-order chi connectivity index (χ0) is 34.0. The lowest BCUT2D eigenvalue weighted by molar-refractivity contribution is -0.317. The van der Waals surface area contributed by atoms with E-state index < -0.39 is 6.17 Å². The number of aryl methyl sites for hydroxylation is 2. The molecule has 3 aromatic carbocycles. The van der Waals surface area contributed by atoms with Gasteiger partial charge in [0, 0.05) is 36.7 Å². The molecule has 1 aliphatic heterocycles. The second-order valence-electron chi connectivity index (χ2n) is 12.7. The Kier molecular flexibility index (Phi) is 11.9. The van der Waals surface area contributed by atoms with Crippen LogP contribution in [0, 0.1) is 5.92 Å². The second-order valence-corrected chi connectivity index (χ2v) is 12.7. The number of aliphatic imine (C=N–C) groups is 1. The average molecular weight is 649 g/mol. The quantitative estimate of drug-likeness (QED) is 0.0664. The van der Waals surface area contributed by atoms with Gasteiger partial charge in [-0.15, -0.1) is 5.76 Å². The highest BCUT2D eigenvalue weighted by molar-refractivity contribution is 5.89. The summed E-state index contributed by atoms with van der Waals surface area (Å²) >= 11 is 0. The molecule has 0 fully saturated rings. The van der Waals surface area contributed by atoms with Crippen LogP contribution < -0.4 is 21.3 Å². The molecule has 2 aliphatic rings. The van der Waals surface area contributed by atoms with Crippen LogP contribution in [0.4, 0.5) is 0 Å². The van der Waals surface area contributed by atoms with Crippen molar-refractivity contribution in [1.82, 2.24) is 0 Å². The van der Waals surface area contributed by atoms with Crippen LogP contribution in [-0.4, -0.2) is 28.8 Å². The number of ether oxygens (including phenoxy) is 1. The smallest absolute Gasteiger partial charge is 0.161 e. The molecule has 0 radical (unpaired) electrons. The van der Waals surface area contributed by atoms with Gasteiger partial charge in [-0.3, -0.25) is 9.79 Å². The summed E-state index contributed by atoms with van der Waals surface area (Å²) in [6.07, 6.45) is 15.0. The van der Waals surface area contributed by atoms with Crippen molar-refractivity contribution in [3.05, 3.63) is 124 Å². The number of benzene rings is 3. The molecule has 6 N–H and O–H groups in total. The highest BCUT2D eigenvalue weighted by Crippen LogP contribution is 2.47. The van der Waals surface area contributed by atoms with Crippen LogP contribution in [0.2, 0.25) is 0 Å². The Labute approximate surface area is 283 Å². The van der Waals surface area contributed by atoms with E-state index in [1.165, 1.54) is 6.42 Å². The molecule has 8 heteroatoms. The Hall–Kier alpha value is -4.66. The summed E-state index contributed by atoms with van der Waals surface area (Å²) < 4.78 is 6.01. The minimum absolute atomic E-state index is 0.00376. The van der Waals surface area contributed by atoms with Gasteiger partial charge in [0.1, 0.15) is 5.75 Å². The summed E-state index contributed by atoms with van der Waals surface area (Å²) in [6, 6.07) is 16.5. The normalized spacial score (nSPS) is 18.1. The first-order valence-corrected chi connectivity index (χ1v) is 17.0. The zero-order valence-corrected chi connectivity index (χ0v) is 27.6. The topological polar surface area (TPSA) is 154 Å². The molecule has 5 rings (SSSR count). The van der Waals surface area contributed by atoms with Crippen molar-refractivity contribution in [2.75, 3.05) is 6.61 Å². The fourth-order valence-corrected chi connectivity index (χ4v) is 6.56.